The van der Waals surface area contributed by atoms with Crippen LogP contribution in [0, 0.1) is 10.1 Å². The van der Waals surface area contributed by atoms with Crippen LogP contribution in [-0.2, 0) is 6.54 Å². The first kappa shape index (κ1) is 20.5. The number of rotatable bonds is 6. The molecule has 2 N–H and O–H groups in total. The summed E-state index contributed by atoms with van der Waals surface area (Å²) in [5.74, 6) is -0.943. The Hall–Kier alpha value is -3.24. The number of phenols is 1. The predicted molar refractivity (Wildman–Crippen MR) is 110 cm³/mol. The molecular formula is C18H13BrClN5O4. The van der Waals surface area contributed by atoms with Gasteiger partial charge in [-0.2, -0.15) is 10.2 Å². The van der Waals surface area contributed by atoms with Crippen LogP contribution in [0.3, 0.4) is 0 Å². The lowest BCUT2D eigenvalue weighted by atomic mass is 10.2. The summed E-state index contributed by atoms with van der Waals surface area (Å²) in [4.78, 5) is 22.9. The molecule has 0 saturated carbocycles. The number of carbonyl (C=O) groups excluding carboxylic acids is 1. The Morgan fingerprint density at radius 3 is 2.76 bits per heavy atom. The van der Waals surface area contributed by atoms with Crippen LogP contribution in [0.4, 0.5) is 5.69 Å². The number of amides is 1. The van der Waals surface area contributed by atoms with E-state index in [1.165, 1.54) is 35.3 Å². The van der Waals surface area contributed by atoms with E-state index in [9.17, 15) is 20.0 Å². The van der Waals surface area contributed by atoms with Crippen LogP contribution in [0.2, 0.25) is 5.02 Å². The van der Waals surface area contributed by atoms with Crippen LogP contribution < -0.4 is 5.43 Å². The van der Waals surface area contributed by atoms with E-state index in [-0.39, 0.29) is 23.6 Å². The summed E-state index contributed by atoms with van der Waals surface area (Å²) in [6.45, 7) is 0.251. The molecule has 11 heteroatoms. The number of hydrazone groups is 1. The Balaban J connectivity index is 1.77. The Bertz CT molecular complexity index is 1100. The molecule has 9 nitrogen and oxygen atoms in total. The zero-order valence-corrected chi connectivity index (χ0v) is 17.0. The number of phenolic OH excluding ortho intramolecular Hbond substituents is 1. The second-order valence-electron chi connectivity index (χ2n) is 5.85. The number of aromatic nitrogens is 2. The van der Waals surface area contributed by atoms with Crippen LogP contribution in [0.25, 0.3) is 0 Å². The van der Waals surface area contributed by atoms with E-state index in [0.29, 0.717) is 5.02 Å². The number of nitrogens with zero attached hydrogens (tertiary/aromatic N) is 4. The molecule has 0 aliphatic heterocycles. The van der Waals surface area contributed by atoms with Gasteiger partial charge in [0.2, 0.25) is 5.69 Å². The van der Waals surface area contributed by atoms with Crippen LogP contribution in [0.1, 0.15) is 21.6 Å². The average molecular weight is 479 g/mol. The van der Waals surface area contributed by atoms with Gasteiger partial charge < -0.3 is 5.11 Å². The van der Waals surface area contributed by atoms with E-state index in [4.69, 9.17) is 11.6 Å². The molecular weight excluding hydrogens is 466 g/mol. The fourth-order valence-corrected chi connectivity index (χ4v) is 2.85. The van der Waals surface area contributed by atoms with Crippen LogP contribution in [-0.4, -0.2) is 31.9 Å². The first-order chi connectivity index (χ1) is 13.8. The number of halogens is 2. The second-order valence-corrected chi connectivity index (χ2v) is 7.20. The highest BCUT2D eigenvalue weighted by Crippen LogP contribution is 2.20. The van der Waals surface area contributed by atoms with Crippen molar-refractivity contribution in [1.82, 2.24) is 15.2 Å². The smallest absolute Gasteiger partial charge is 0.320 e. The first-order valence-corrected chi connectivity index (χ1v) is 9.29. The maximum atomic E-state index is 12.3. The Kier molecular flexibility index (Phi) is 6.25. The molecule has 0 aliphatic carbocycles. The SMILES string of the molecule is O=C(N/N=C\c1cc(Cl)ccc1O)c1nn(Cc2ccc(Br)cc2)cc1[N+](=O)[O-]. The topological polar surface area (TPSA) is 123 Å². The molecule has 3 rings (SSSR count). The third kappa shape index (κ3) is 5.18. The fourth-order valence-electron chi connectivity index (χ4n) is 2.41. The van der Waals surface area contributed by atoms with Crippen molar-refractivity contribution in [2.45, 2.75) is 6.54 Å². The summed E-state index contributed by atoms with van der Waals surface area (Å²) >= 11 is 9.17. The number of nitrogens with one attached hydrogen (secondary N) is 1. The summed E-state index contributed by atoms with van der Waals surface area (Å²) in [5, 5.41) is 29.1. The van der Waals surface area contributed by atoms with E-state index in [1.54, 1.807) is 0 Å². The van der Waals surface area contributed by atoms with Crippen molar-refractivity contribution >= 4 is 45.3 Å². The molecule has 0 spiro atoms. The number of aromatic hydroxyl groups is 1. The van der Waals surface area contributed by atoms with E-state index >= 15 is 0 Å². The zero-order valence-electron chi connectivity index (χ0n) is 14.6. The lowest BCUT2D eigenvalue weighted by Gasteiger charge is -2.01. The predicted octanol–water partition coefficient (Wildman–Crippen LogP) is 3.73. The summed E-state index contributed by atoms with van der Waals surface area (Å²) in [7, 11) is 0. The average Bonchev–Trinajstić information content (AvgIpc) is 3.10. The first-order valence-electron chi connectivity index (χ1n) is 8.11. The van der Waals surface area contributed by atoms with Gasteiger partial charge in [-0.3, -0.25) is 19.6 Å². The molecule has 0 fully saturated rings. The molecule has 0 unspecified atom stereocenters. The minimum Gasteiger partial charge on any atom is -0.507 e. The van der Waals surface area contributed by atoms with Crippen LogP contribution >= 0.6 is 27.5 Å². The lowest BCUT2D eigenvalue weighted by molar-refractivity contribution is -0.385. The monoisotopic (exact) mass is 477 g/mol. The number of benzene rings is 2. The van der Waals surface area contributed by atoms with Crippen molar-refractivity contribution in [2.75, 3.05) is 0 Å². The van der Waals surface area contributed by atoms with Crippen molar-refractivity contribution in [3.05, 3.63) is 85.1 Å². The Morgan fingerprint density at radius 1 is 1.34 bits per heavy atom. The quantitative estimate of drug-likeness (QED) is 0.317. The molecule has 0 saturated heterocycles. The second kappa shape index (κ2) is 8.84. The van der Waals surface area contributed by atoms with Crippen LogP contribution in [0.5, 0.6) is 5.75 Å². The molecule has 0 bridgehead atoms. The molecule has 1 heterocycles. The molecule has 1 aromatic heterocycles. The van der Waals surface area contributed by atoms with E-state index < -0.39 is 16.5 Å². The summed E-state index contributed by atoms with van der Waals surface area (Å²) in [5.41, 5.74) is 2.47. The number of carbonyl (C=O) groups is 1. The van der Waals surface area contributed by atoms with E-state index in [0.717, 1.165) is 10.0 Å². The minimum absolute atomic E-state index is 0.0860. The largest absolute Gasteiger partial charge is 0.507 e. The van der Waals surface area contributed by atoms with Gasteiger partial charge in [-0.15, -0.1) is 0 Å². The summed E-state index contributed by atoms with van der Waals surface area (Å²) in [6.07, 6.45) is 2.35. The highest BCUT2D eigenvalue weighted by molar-refractivity contribution is 9.10. The van der Waals surface area contributed by atoms with Gasteiger partial charge in [0, 0.05) is 15.1 Å². The minimum atomic E-state index is -0.857. The number of nitro groups is 1. The Morgan fingerprint density at radius 2 is 2.07 bits per heavy atom. The molecule has 3 aromatic rings. The molecule has 1 amide bonds. The van der Waals surface area contributed by atoms with Gasteiger partial charge in [-0.25, -0.2) is 5.43 Å². The summed E-state index contributed by atoms with van der Waals surface area (Å²) in [6, 6.07) is 11.6. The van der Waals surface area contributed by atoms with Gasteiger partial charge in [0.15, 0.2) is 0 Å². The van der Waals surface area contributed by atoms with E-state index in [1.807, 2.05) is 24.3 Å². The summed E-state index contributed by atoms with van der Waals surface area (Å²) < 4.78 is 2.21. The molecule has 148 valence electrons. The van der Waals surface area contributed by atoms with Crippen molar-refractivity contribution < 1.29 is 14.8 Å². The third-order valence-electron chi connectivity index (χ3n) is 3.77. The van der Waals surface area contributed by atoms with Gasteiger partial charge in [-0.05, 0) is 35.9 Å². The zero-order chi connectivity index (χ0) is 21.0. The van der Waals surface area contributed by atoms with Crippen molar-refractivity contribution in [1.29, 1.82) is 0 Å². The standard InChI is InChI=1S/C18H13BrClN5O4/c19-13-3-1-11(2-4-13)9-24-10-15(25(28)29)17(23-24)18(27)22-21-8-12-7-14(20)5-6-16(12)26/h1-8,10,26H,9H2,(H,22,27)/b21-8-. The maximum absolute atomic E-state index is 12.3. The molecule has 0 atom stereocenters. The van der Waals surface area contributed by atoms with Gasteiger partial charge in [-0.1, -0.05) is 39.7 Å². The van der Waals surface area contributed by atoms with Gasteiger partial charge in [0.1, 0.15) is 11.9 Å². The molecule has 2 aromatic carbocycles. The highest BCUT2D eigenvalue weighted by atomic mass is 79.9. The van der Waals surface area contributed by atoms with Gasteiger partial charge in [0.05, 0.1) is 17.7 Å². The normalized spacial score (nSPS) is 11.0. The highest BCUT2D eigenvalue weighted by Gasteiger charge is 2.25. The number of hydrogen-bond donors (Lipinski definition) is 2. The van der Waals surface area contributed by atoms with Gasteiger partial charge >= 0.3 is 5.69 Å². The molecule has 29 heavy (non-hydrogen) atoms. The fraction of sp³-hybridized carbons (Fsp3) is 0.0556. The molecule has 0 radical (unpaired) electrons. The van der Waals surface area contributed by atoms with Gasteiger partial charge in [0.25, 0.3) is 5.91 Å². The van der Waals surface area contributed by atoms with Crippen molar-refractivity contribution in [3.8, 4) is 5.75 Å². The number of hydrogen-bond acceptors (Lipinski definition) is 6. The molecule has 0 aliphatic rings. The third-order valence-corrected chi connectivity index (χ3v) is 4.54. The Labute approximate surface area is 177 Å². The maximum Gasteiger partial charge on any atom is 0.320 e. The van der Waals surface area contributed by atoms with Crippen LogP contribution in [0.15, 0.2) is 58.2 Å². The van der Waals surface area contributed by atoms with Crippen molar-refractivity contribution in [2.24, 2.45) is 5.10 Å². The van der Waals surface area contributed by atoms with Crippen molar-refractivity contribution in [3.63, 3.8) is 0 Å². The lowest BCUT2D eigenvalue weighted by Crippen LogP contribution is -2.19. The van der Waals surface area contributed by atoms with E-state index in [2.05, 4.69) is 31.6 Å².